The van der Waals surface area contributed by atoms with E-state index in [-0.39, 0.29) is 18.6 Å². The molecule has 0 bridgehead atoms. The van der Waals surface area contributed by atoms with Crippen LogP contribution in [0.2, 0.25) is 5.02 Å². The Bertz CT molecular complexity index is 542. The first-order valence-corrected chi connectivity index (χ1v) is 7.13. The first-order chi connectivity index (χ1) is 9.69. The van der Waals surface area contributed by atoms with E-state index >= 15 is 0 Å². The third kappa shape index (κ3) is 4.16. The summed E-state index contributed by atoms with van der Waals surface area (Å²) in [5.74, 6) is 5.70. The van der Waals surface area contributed by atoms with E-state index in [0.717, 1.165) is 12.8 Å². The summed E-state index contributed by atoms with van der Waals surface area (Å²) in [5.41, 5.74) is 6.68. The molecule has 1 aliphatic rings. The molecular formula is C15H18ClN3O. The maximum Gasteiger partial charge on any atom is 0.319 e. The van der Waals surface area contributed by atoms with Gasteiger partial charge in [0.25, 0.3) is 0 Å². The monoisotopic (exact) mass is 291 g/mol. The Balaban J connectivity index is 2.06. The van der Waals surface area contributed by atoms with E-state index in [9.17, 15) is 4.79 Å². The van der Waals surface area contributed by atoms with E-state index < -0.39 is 0 Å². The third-order valence-electron chi connectivity index (χ3n) is 3.25. The number of anilines is 1. The van der Waals surface area contributed by atoms with Gasteiger partial charge in [-0.3, -0.25) is 0 Å². The SMILES string of the molecule is NCC#Cc1ccc(Cl)cc1NC(=O)NC1CCCC1. The molecule has 0 aliphatic heterocycles. The fourth-order valence-corrected chi connectivity index (χ4v) is 2.46. The zero-order valence-electron chi connectivity index (χ0n) is 11.2. The third-order valence-corrected chi connectivity index (χ3v) is 3.48. The Hall–Kier alpha value is -1.70. The van der Waals surface area contributed by atoms with Crippen LogP contribution in [0.4, 0.5) is 10.5 Å². The number of carbonyl (C=O) groups excluding carboxylic acids is 1. The lowest BCUT2D eigenvalue weighted by molar-refractivity contribution is 0.248. The fourth-order valence-electron chi connectivity index (χ4n) is 2.29. The minimum Gasteiger partial charge on any atom is -0.335 e. The van der Waals surface area contributed by atoms with Crippen LogP contribution in [0.15, 0.2) is 18.2 Å². The van der Waals surface area contributed by atoms with Crippen molar-refractivity contribution in [1.29, 1.82) is 0 Å². The molecule has 106 valence electrons. The second kappa shape index (κ2) is 7.18. The van der Waals surface area contributed by atoms with E-state index in [4.69, 9.17) is 17.3 Å². The molecule has 0 spiro atoms. The van der Waals surface area contributed by atoms with Gasteiger partial charge in [0, 0.05) is 16.6 Å². The average Bonchev–Trinajstić information content (AvgIpc) is 2.90. The molecule has 4 nitrogen and oxygen atoms in total. The summed E-state index contributed by atoms with van der Waals surface area (Å²) < 4.78 is 0. The summed E-state index contributed by atoms with van der Waals surface area (Å²) in [6.07, 6.45) is 4.44. The summed E-state index contributed by atoms with van der Waals surface area (Å²) >= 11 is 5.96. The van der Waals surface area contributed by atoms with Gasteiger partial charge in [-0.2, -0.15) is 0 Å². The van der Waals surface area contributed by atoms with E-state index in [2.05, 4.69) is 22.5 Å². The van der Waals surface area contributed by atoms with Crippen LogP contribution in [0.25, 0.3) is 0 Å². The highest BCUT2D eigenvalue weighted by Crippen LogP contribution is 2.21. The molecule has 0 heterocycles. The van der Waals surface area contributed by atoms with E-state index in [0.29, 0.717) is 16.3 Å². The highest BCUT2D eigenvalue weighted by atomic mass is 35.5. The number of nitrogens with two attached hydrogens (primary N) is 1. The number of amides is 2. The van der Waals surface area contributed by atoms with Crippen molar-refractivity contribution in [2.45, 2.75) is 31.7 Å². The van der Waals surface area contributed by atoms with Crippen LogP contribution in [-0.4, -0.2) is 18.6 Å². The van der Waals surface area contributed by atoms with Crippen molar-refractivity contribution in [3.8, 4) is 11.8 Å². The Morgan fingerprint density at radius 1 is 1.40 bits per heavy atom. The molecule has 0 aromatic heterocycles. The molecule has 20 heavy (non-hydrogen) atoms. The minimum atomic E-state index is -0.213. The lowest BCUT2D eigenvalue weighted by atomic mass is 10.2. The van der Waals surface area contributed by atoms with Crippen LogP contribution in [-0.2, 0) is 0 Å². The minimum absolute atomic E-state index is 0.213. The maximum absolute atomic E-state index is 12.0. The zero-order valence-corrected chi connectivity index (χ0v) is 12.0. The van der Waals surface area contributed by atoms with Gasteiger partial charge in [-0.1, -0.05) is 36.3 Å². The van der Waals surface area contributed by atoms with Crippen LogP contribution in [0.5, 0.6) is 0 Å². The number of hydrogen-bond acceptors (Lipinski definition) is 2. The molecule has 0 atom stereocenters. The van der Waals surface area contributed by atoms with E-state index in [1.54, 1.807) is 18.2 Å². The normalized spacial score (nSPS) is 14.5. The van der Waals surface area contributed by atoms with Crippen LogP contribution in [0.3, 0.4) is 0 Å². The number of urea groups is 1. The Kier molecular flexibility index (Phi) is 5.28. The van der Waals surface area contributed by atoms with Crippen LogP contribution in [0.1, 0.15) is 31.2 Å². The molecule has 0 unspecified atom stereocenters. The van der Waals surface area contributed by atoms with Gasteiger partial charge in [0.1, 0.15) is 0 Å². The van der Waals surface area contributed by atoms with Gasteiger partial charge in [0.2, 0.25) is 0 Å². The first kappa shape index (κ1) is 14.7. The van der Waals surface area contributed by atoms with Crippen molar-refractivity contribution < 1.29 is 4.79 Å². The summed E-state index contributed by atoms with van der Waals surface area (Å²) in [5, 5.41) is 6.33. The molecule has 4 N–H and O–H groups in total. The lowest BCUT2D eigenvalue weighted by Gasteiger charge is -2.14. The fraction of sp³-hybridized carbons (Fsp3) is 0.400. The lowest BCUT2D eigenvalue weighted by Crippen LogP contribution is -2.36. The zero-order chi connectivity index (χ0) is 14.4. The number of carbonyl (C=O) groups is 1. The molecule has 0 saturated heterocycles. The second-order valence-corrected chi connectivity index (χ2v) is 5.21. The van der Waals surface area contributed by atoms with Crippen LogP contribution < -0.4 is 16.4 Å². The van der Waals surface area contributed by atoms with Crippen molar-refractivity contribution in [1.82, 2.24) is 5.32 Å². The maximum atomic E-state index is 12.0. The quantitative estimate of drug-likeness (QED) is 0.734. The van der Waals surface area contributed by atoms with Gasteiger partial charge < -0.3 is 16.4 Å². The molecule has 1 saturated carbocycles. The number of halogens is 1. The first-order valence-electron chi connectivity index (χ1n) is 6.75. The topological polar surface area (TPSA) is 67.1 Å². The summed E-state index contributed by atoms with van der Waals surface area (Å²) in [6.45, 7) is 0.274. The van der Waals surface area contributed by atoms with E-state index in [1.165, 1.54) is 12.8 Å². The second-order valence-electron chi connectivity index (χ2n) is 4.78. The molecule has 1 aromatic carbocycles. The Morgan fingerprint density at radius 3 is 2.85 bits per heavy atom. The van der Waals surface area contributed by atoms with Gasteiger partial charge in [-0.15, -0.1) is 0 Å². The standard InChI is InChI=1S/C15H18ClN3O/c16-12-8-7-11(4-3-9-17)14(10-12)19-15(20)18-13-5-1-2-6-13/h7-8,10,13H,1-2,5-6,9,17H2,(H2,18,19,20). The van der Waals surface area contributed by atoms with Gasteiger partial charge >= 0.3 is 6.03 Å². The summed E-state index contributed by atoms with van der Waals surface area (Å²) in [7, 11) is 0. The molecule has 0 radical (unpaired) electrons. The molecule has 1 aliphatic carbocycles. The Morgan fingerprint density at radius 2 is 2.15 bits per heavy atom. The number of hydrogen-bond donors (Lipinski definition) is 3. The molecule has 1 aromatic rings. The molecule has 1 fully saturated rings. The van der Waals surface area contributed by atoms with Gasteiger partial charge in [0.15, 0.2) is 0 Å². The van der Waals surface area contributed by atoms with Crippen LogP contribution >= 0.6 is 11.6 Å². The van der Waals surface area contributed by atoms with Gasteiger partial charge in [-0.05, 0) is 31.0 Å². The average molecular weight is 292 g/mol. The van der Waals surface area contributed by atoms with Crippen molar-refractivity contribution in [3.63, 3.8) is 0 Å². The van der Waals surface area contributed by atoms with Gasteiger partial charge in [0.05, 0.1) is 12.2 Å². The molecular weight excluding hydrogens is 274 g/mol. The highest BCUT2D eigenvalue weighted by Gasteiger charge is 2.17. The molecule has 2 amide bonds. The van der Waals surface area contributed by atoms with Crippen molar-refractivity contribution >= 4 is 23.3 Å². The smallest absolute Gasteiger partial charge is 0.319 e. The van der Waals surface area contributed by atoms with Crippen molar-refractivity contribution in [3.05, 3.63) is 28.8 Å². The summed E-state index contributed by atoms with van der Waals surface area (Å²) in [6, 6.07) is 5.26. The van der Waals surface area contributed by atoms with Crippen LogP contribution in [0, 0.1) is 11.8 Å². The van der Waals surface area contributed by atoms with E-state index in [1.807, 2.05) is 0 Å². The number of nitrogens with one attached hydrogen (secondary N) is 2. The van der Waals surface area contributed by atoms with Crippen molar-refractivity contribution in [2.75, 3.05) is 11.9 Å². The molecule has 5 heteroatoms. The van der Waals surface area contributed by atoms with Crippen molar-refractivity contribution in [2.24, 2.45) is 5.73 Å². The largest absolute Gasteiger partial charge is 0.335 e. The highest BCUT2D eigenvalue weighted by molar-refractivity contribution is 6.31. The predicted molar refractivity (Wildman–Crippen MR) is 81.8 cm³/mol. The number of benzene rings is 1. The summed E-state index contributed by atoms with van der Waals surface area (Å²) in [4.78, 5) is 12.0. The number of rotatable bonds is 2. The molecule has 2 rings (SSSR count). The Labute approximate surface area is 124 Å². The predicted octanol–water partition coefficient (Wildman–Crippen LogP) is 2.71. The van der Waals surface area contributed by atoms with Gasteiger partial charge in [-0.25, -0.2) is 4.79 Å².